The summed E-state index contributed by atoms with van der Waals surface area (Å²) >= 11 is 1.38. The van der Waals surface area contributed by atoms with Crippen LogP contribution >= 0.6 is 11.3 Å². The molecule has 0 saturated carbocycles. The van der Waals surface area contributed by atoms with Gasteiger partial charge in [0, 0.05) is 40.9 Å². The van der Waals surface area contributed by atoms with Gasteiger partial charge in [-0.2, -0.15) is 10.5 Å². The first-order valence-corrected chi connectivity index (χ1v) is 7.80. The minimum Gasteiger partial charge on any atom is -0.595 e. The molecule has 3 rings (SSSR count). The first-order chi connectivity index (χ1) is 11.5. The Labute approximate surface area is 140 Å². The normalized spacial score (nSPS) is 13.5. The number of hydrogen-bond acceptors (Lipinski definition) is 7. The Kier molecular flexibility index (Phi) is 4.83. The summed E-state index contributed by atoms with van der Waals surface area (Å²) in [6.45, 7) is 0. The molecule has 0 aliphatic heterocycles. The molecule has 3 aromatic rings. The number of aromatic nitrogens is 1. The van der Waals surface area contributed by atoms with E-state index in [1.165, 1.54) is 35.6 Å². The van der Waals surface area contributed by atoms with Crippen molar-refractivity contribution in [1.82, 2.24) is 4.98 Å². The van der Waals surface area contributed by atoms with E-state index < -0.39 is 10.5 Å². The average Bonchev–Trinajstić information content (AvgIpc) is 3.03. The highest BCUT2D eigenvalue weighted by molar-refractivity contribution is 7.14. The highest BCUT2D eigenvalue weighted by atomic mass is 32.1. The second-order valence-corrected chi connectivity index (χ2v) is 5.79. The fourth-order valence-corrected chi connectivity index (χ4v) is 2.84. The molecule has 124 valence electrons. The Hall–Kier alpha value is -2.37. The third kappa shape index (κ3) is 3.75. The zero-order valence-corrected chi connectivity index (χ0v) is 13.1. The van der Waals surface area contributed by atoms with Gasteiger partial charge in [-0.3, -0.25) is 0 Å². The van der Waals surface area contributed by atoms with Gasteiger partial charge >= 0.3 is 0 Å². The van der Waals surface area contributed by atoms with Crippen LogP contribution in [0.2, 0.25) is 0 Å². The molecule has 0 bridgehead atoms. The van der Waals surface area contributed by atoms with Gasteiger partial charge in [-0.25, -0.2) is 15.4 Å². The predicted octanol–water partition coefficient (Wildman–Crippen LogP) is 1.36. The molecule has 0 saturated heterocycles. The number of anilines is 2. The predicted molar refractivity (Wildman–Crippen MR) is 88.8 cm³/mol. The van der Waals surface area contributed by atoms with Crippen LogP contribution in [-0.2, 0) is 0 Å². The molecule has 0 radical (unpaired) electrons. The Bertz CT molecular complexity index is 820. The molecular weight excluding hydrogens is 332 g/mol. The van der Waals surface area contributed by atoms with Gasteiger partial charge < -0.3 is 15.7 Å². The molecule has 2 atom stereocenters. The topological polar surface area (TPSA) is 120 Å². The summed E-state index contributed by atoms with van der Waals surface area (Å²) in [5, 5.41) is 43.3. The quantitative estimate of drug-likeness (QED) is 0.445. The van der Waals surface area contributed by atoms with Crippen LogP contribution in [0.3, 0.4) is 0 Å². The van der Waals surface area contributed by atoms with Crippen molar-refractivity contribution in [1.29, 1.82) is 0 Å². The maximum atomic E-state index is 11.0. The summed E-state index contributed by atoms with van der Waals surface area (Å²) in [5.74, 6) is 0. The number of nitrogens with zero attached hydrogens (tertiary/aromatic N) is 1. The third-order valence-electron chi connectivity index (χ3n) is 3.29. The van der Waals surface area contributed by atoms with Crippen molar-refractivity contribution in [3.63, 3.8) is 0 Å². The van der Waals surface area contributed by atoms with Crippen LogP contribution in [0.15, 0.2) is 53.9 Å². The summed E-state index contributed by atoms with van der Waals surface area (Å²) in [5.41, 5.74) is 2.58. The van der Waals surface area contributed by atoms with Crippen LogP contribution in [0.25, 0.3) is 11.3 Å². The van der Waals surface area contributed by atoms with Crippen molar-refractivity contribution in [2.45, 2.75) is 0 Å². The number of quaternary nitrogens is 2. The smallest absolute Gasteiger partial charge is 0.187 e. The Morgan fingerprint density at radius 1 is 0.958 bits per heavy atom. The van der Waals surface area contributed by atoms with Crippen LogP contribution in [0, 0.1) is 10.4 Å². The molecule has 0 spiro atoms. The first-order valence-electron chi connectivity index (χ1n) is 6.92. The lowest BCUT2D eigenvalue weighted by Crippen LogP contribution is -2.99. The van der Waals surface area contributed by atoms with Crippen molar-refractivity contribution in [3.8, 4) is 11.3 Å². The Morgan fingerprint density at radius 2 is 1.67 bits per heavy atom. The number of rotatable bonds is 5. The van der Waals surface area contributed by atoms with E-state index in [2.05, 4.69) is 10.3 Å². The van der Waals surface area contributed by atoms with Gasteiger partial charge in [0.25, 0.3) is 0 Å². The molecule has 2 aromatic carbocycles. The molecule has 1 heterocycles. The highest BCUT2D eigenvalue weighted by Gasteiger charge is 2.08. The molecule has 0 amide bonds. The molecule has 9 heteroatoms. The van der Waals surface area contributed by atoms with Gasteiger partial charge in [0.05, 0.1) is 5.69 Å². The molecule has 24 heavy (non-hydrogen) atoms. The molecule has 0 aliphatic carbocycles. The van der Waals surface area contributed by atoms with Crippen LogP contribution in [0.5, 0.6) is 0 Å². The summed E-state index contributed by atoms with van der Waals surface area (Å²) in [4.78, 5) is 4.44. The second kappa shape index (κ2) is 7.03. The van der Waals surface area contributed by atoms with Gasteiger partial charge in [0.2, 0.25) is 0 Å². The standard InChI is InChI=1S/C15H14N4O4S/c20-18(21)12-6-4-10(5-7-12)14-9-24-15(17-14)16-11-2-1-3-13(8-11)19(22)23/h1-9,18-20,22H,(H,16,17). The van der Waals surface area contributed by atoms with E-state index in [-0.39, 0.29) is 11.4 Å². The highest BCUT2D eigenvalue weighted by Crippen LogP contribution is 2.28. The molecule has 0 aliphatic rings. The summed E-state index contributed by atoms with van der Waals surface area (Å²) in [6, 6.07) is 12.9. The van der Waals surface area contributed by atoms with Gasteiger partial charge in [0.15, 0.2) is 16.5 Å². The van der Waals surface area contributed by atoms with E-state index in [4.69, 9.17) is 10.4 Å². The lowest BCUT2D eigenvalue weighted by atomic mass is 10.1. The minimum absolute atomic E-state index is 0.195. The van der Waals surface area contributed by atoms with Crippen LogP contribution in [0.4, 0.5) is 22.2 Å². The van der Waals surface area contributed by atoms with Gasteiger partial charge in [0.1, 0.15) is 0 Å². The fourth-order valence-electron chi connectivity index (χ4n) is 2.10. The third-order valence-corrected chi connectivity index (χ3v) is 4.05. The Morgan fingerprint density at radius 3 is 2.33 bits per heavy atom. The first kappa shape index (κ1) is 16.5. The summed E-state index contributed by atoms with van der Waals surface area (Å²) in [6.07, 6.45) is 0. The van der Waals surface area contributed by atoms with Crippen LogP contribution < -0.4 is 15.8 Å². The van der Waals surface area contributed by atoms with E-state index in [0.29, 0.717) is 16.5 Å². The van der Waals surface area contributed by atoms with Crippen molar-refractivity contribution in [3.05, 3.63) is 64.3 Å². The van der Waals surface area contributed by atoms with Crippen molar-refractivity contribution >= 4 is 33.5 Å². The second-order valence-electron chi connectivity index (χ2n) is 4.93. The number of thiazole rings is 1. The van der Waals surface area contributed by atoms with Crippen molar-refractivity contribution in [2.24, 2.45) is 0 Å². The van der Waals surface area contributed by atoms with Crippen molar-refractivity contribution in [2.75, 3.05) is 5.32 Å². The zero-order chi connectivity index (χ0) is 17.1. The lowest BCUT2D eigenvalue weighted by Gasteiger charge is -2.12. The molecule has 1 aromatic heterocycles. The number of nitrogens with one attached hydrogen (secondary N) is 3. The largest absolute Gasteiger partial charge is 0.595 e. The van der Waals surface area contributed by atoms with Gasteiger partial charge in [-0.1, -0.05) is 6.07 Å². The lowest BCUT2D eigenvalue weighted by molar-refractivity contribution is -0.991. The maximum absolute atomic E-state index is 11.0. The Balaban J connectivity index is 1.77. The molecular formula is C15H14N4O4S. The van der Waals surface area contributed by atoms with E-state index in [0.717, 1.165) is 5.56 Å². The fraction of sp³-hybridized carbons (Fsp3) is 0. The molecule has 8 nitrogen and oxygen atoms in total. The number of hydrogen-bond donors (Lipinski definition) is 5. The van der Waals surface area contributed by atoms with Gasteiger partial charge in [-0.15, -0.1) is 11.3 Å². The molecule has 5 N–H and O–H groups in total. The van der Waals surface area contributed by atoms with Crippen LogP contribution in [-0.4, -0.2) is 15.4 Å². The van der Waals surface area contributed by atoms with E-state index >= 15 is 0 Å². The van der Waals surface area contributed by atoms with E-state index in [9.17, 15) is 10.4 Å². The number of benzene rings is 2. The zero-order valence-electron chi connectivity index (χ0n) is 12.3. The SMILES string of the molecule is [O-][NH+](O)c1ccc(-c2csc(Nc3cccc([NH+]([O-])O)c3)n2)cc1. The molecule has 2 unspecified atom stereocenters. The van der Waals surface area contributed by atoms with Crippen molar-refractivity contribution < 1.29 is 20.9 Å². The van der Waals surface area contributed by atoms with Gasteiger partial charge in [-0.05, 0) is 18.2 Å². The monoisotopic (exact) mass is 346 g/mol. The van der Waals surface area contributed by atoms with Crippen LogP contribution in [0.1, 0.15) is 0 Å². The molecule has 0 fully saturated rings. The minimum atomic E-state index is -0.989. The average molecular weight is 346 g/mol. The van der Waals surface area contributed by atoms with E-state index in [1.807, 2.05) is 5.38 Å². The summed E-state index contributed by atoms with van der Waals surface area (Å²) in [7, 11) is 0. The van der Waals surface area contributed by atoms with E-state index in [1.54, 1.807) is 24.3 Å². The summed E-state index contributed by atoms with van der Waals surface area (Å²) < 4.78 is 0. The maximum Gasteiger partial charge on any atom is 0.187 e.